The minimum atomic E-state index is -0.130. The quantitative estimate of drug-likeness (QED) is 0.863. The molecule has 6 nitrogen and oxygen atoms in total. The number of para-hydroxylation sites is 2. The van der Waals surface area contributed by atoms with Crippen molar-refractivity contribution in [2.24, 2.45) is 11.7 Å². The summed E-state index contributed by atoms with van der Waals surface area (Å²) in [5.41, 5.74) is 6.34. The molecule has 2 rings (SSSR count). The maximum absolute atomic E-state index is 12.4. The average Bonchev–Trinajstić information content (AvgIpc) is 2.55. The first-order chi connectivity index (χ1) is 11.0. The molecular formula is C17H25N3O3. The maximum atomic E-state index is 12.4. The number of carbonyl (C=O) groups excluding carboxylic acids is 2. The summed E-state index contributed by atoms with van der Waals surface area (Å²) in [4.78, 5) is 26.2. The number of nitrogens with one attached hydrogen (secondary N) is 1. The predicted octanol–water partition coefficient (Wildman–Crippen LogP) is 1.61. The zero-order valence-electron chi connectivity index (χ0n) is 13.7. The van der Waals surface area contributed by atoms with E-state index >= 15 is 0 Å². The van der Waals surface area contributed by atoms with Crippen LogP contribution in [0.1, 0.15) is 26.2 Å². The Morgan fingerprint density at radius 3 is 2.61 bits per heavy atom. The molecule has 1 aliphatic heterocycles. The highest BCUT2D eigenvalue weighted by atomic mass is 16.5. The molecule has 1 aromatic rings. The summed E-state index contributed by atoms with van der Waals surface area (Å²) in [6.07, 6.45) is 1.70. The molecular weight excluding hydrogens is 294 g/mol. The van der Waals surface area contributed by atoms with Gasteiger partial charge in [0.05, 0.1) is 12.8 Å². The van der Waals surface area contributed by atoms with Gasteiger partial charge in [0.25, 0.3) is 0 Å². The first-order valence-corrected chi connectivity index (χ1v) is 7.98. The van der Waals surface area contributed by atoms with Crippen LogP contribution in [0.15, 0.2) is 24.3 Å². The molecule has 6 heteroatoms. The van der Waals surface area contributed by atoms with Gasteiger partial charge in [0.1, 0.15) is 5.75 Å². The number of ether oxygens (including phenoxy) is 1. The molecule has 0 bridgehead atoms. The van der Waals surface area contributed by atoms with Gasteiger partial charge in [0.15, 0.2) is 0 Å². The fourth-order valence-electron chi connectivity index (χ4n) is 2.78. The molecule has 1 atom stereocenters. The van der Waals surface area contributed by atoms with Crippen molar-refractivity contribution in [2.45, 2.75) is 32.2 Å². The standard InChI is InChI=1S/C17H25N3O3/c1-12(18)11-16(21)20-9-7-13(8-10-20)17(22)19-14-5-3-4-6-15(14)23-2/h3-6,12-13H,7-11,18H2,1-2H3,(H,19,22). The third-order valence-electron chi connectivity index (χ3n) is 4.08. The third-order valence-corrected chi connectivity index (χ3v) is 4.08. The van der Waals surface area contributed by atoms with E-state index < -0.39 is 0 Å². The van der Waals surface area contributed by atoms with E-state index in [4.69, 9.17) is 10.5 Å². The molecule has 0 aliphatic carbocycles. The van der Waals surface area contributed by atoms with E-state index in [1.165, 1.54) is 0 Å². The molecule has 3 N–H and O–H groups in total. The van der Waals surface area contributed by atoms with Crippen LogP contribution in [-0.2, 0) is 9.59 Å². The molecule has 23 heavy (non-hydrogen) atoms. The number of anilines is 1. The van der Waals surface area contributed by atoms with Crippen molar-refractivity contribution in [1.29, 1.82) is 0 Å². The van der Waals surface area contributed by atoms with Gasteiger partial charge in [-0.15, -0.1) is 0 Å². The molecule has 0 aromatic heterocycles. The molecule has 1 unspecified atom stereocenters. The van der Waals surface area contributed by atoms with E-state index in [-0.39, 0.29) is 23.8 Å². The summed E-state index contributed by atoms with van der Waals surface area (Å²) in [6.45, 7) is 3.04. The highest BCUT2D eigenvalue weighted by Gasteiger charge is 2.27. The number of nitrogens with two attached hydrogens (primary N) is 1. The van der Waals surface area contributed by atoms with Gasteiger partial charge >= 0.3 is 0 Å². The van der Waals surface area contributed by atoms with Crippen LogP contribution < -0.4 is 15.8 Å². The number of rotatable bonds is 5. The molecule has 1 saturated heterocycles. The molecule has 2 amide bonds. The molecule has 0 radical (unpaired) electrons. The van der Waals surface area contributed by atoms with Crippen LogP contribution in [0.4, 0.5) is 5.69 Å². The largest absolute Gasteiger partial charge is 0.495 e. The van der Waals surface area contributed by atoms with Crippen LogP contribution in [0.2, 0.25) is 0 Å². The van der Waals surface area contributed by atoms with E-state index in [1.807, 2.05) is 31.2 Å². The zero-order valence-corrected chi connectivity index (χ0v) is 13.7. The lowest BCUT2D eigenvalue weighted by atomic mass is 9.95. The topological polar surface area (TPSA) is 84.7 Å². The molecule has 1 aliphatic rings. The van der Waals surface area contributed by atoms with Crippen molar-refractivity contribution >= 4 is 17.5 Å². The molecule has 1 fully saturated rings. The molecule has 1 heterocycles. The number of hydrogen-bond donors (Lipinski definition) is 2. The minimum Gasteiger partial charge on any atom is -0.495 e. The number of piperidine rings is 1. The van der Waals surface area contributed by atoms with Crippen LogP contribution in [0.3, 0.4) is 0 Å². The van der Waals surface area contributed by atoms with Gasteiger partial charge in [0.2, 0.25) is 11.8 Å². The molecule has 1 aromatic carbocycles. The number of amides is 2. The van der Waals surface area contributed by atoms with Gasteiger partial charge in [-0.2, -0.15) is 0 Å². The fraction of sp³-hybridized carbons (Fsp3) is 0.529. The second-order valence-electron chi connectivity index (χ2n) is 6.03. The Bertz CT molecular complexity index is 552. The monoisotopic (exact) mass is 319 g/mol. The first-order valence-electron chi connectivity index (χ1n) is 7.98. The normalized spacial score (nSPS) is 16.7. The minimum absolute atomic E-state index is 0.0196. The van der Waals surface area contributed by atoms with Crippen molar-refractivity contribution in [3.05, 3.63) is 24.3 Å². The van der Waals surface area contributed by atoms with E-state index in [0.29, 0.717) is 43.8 Å². The van der Waals surface area contributed by atoms with Crippen molar-refractivity contribution < 1.29 is 14.3 Å². The average molecular weight is 319 g/mol. The Hall–Kier alpha value is -2.08. The Balaban J connectivity index is 1.87. The van der Waals surface area contributed by atoms with E-state index in [0.717, 1.165) is 0 Å². The van der Waals surface area contributed by atoms with Crippen molar-refractivity contribution in [3.63, 3.8) is 0 Å². The van der Waals surface area contributed by atoms with Crippen molar-refractivity contribution in [2.75, 3.05) is 25.5 Å². The second kappa shape index (κ2) is 7.97. The highest BCUT2D eigenvalue weighted by Crippen LogP contribution is 2.25. The highest BCUT2D eigenvalue weighted by molar-refractivity contribution is 5.94. The lowest BCUT2D eigenvalue weighted by Crippen LogP contribution is -2.42. The van der Waals surface area contributed by atoms with E-state index in [9.17, 15) is 9.59 Å². The van der Waals surface area contributed by atoms with Crippen LogP contribution in [0.25, 0.3) is 0 Å². The smallest absolute Gasteiger partial charge is 0.227 e. The van der Waals surface area contributed by atoms with Gasteiger partial charge in [-0.3, -0.25) is 9.59 Å². The number of benzene rings is 1. The fourth-order valence-corrected chi connectivity index (χ4v) is 2.78. The zero-order chi connectivity index (χ0) is 16.8. The van der Waals surface area contributed by atoms with Gasteiger partial charge in [-0.25, -0.2) is 0 Å². The van der Waals surface area contributed by atoms with Crippen molar-refractivity contribution in [1.82, 2.24) is 4.90 Å². The second-order valence-corrected chi connectivity index (χ2v) is 6.03. The van der Waals surface area contributed by atoms with Crippen LogP contribution in [0.5, 0.6) is 5.75 Å². The number of likely N-dealkylation sites (tertiary alicyclic amines) is 1. The Morgan fingerprint density at radius 2 is 2.00 bits per heavy atom. The Morgan fingerprint density at radius 1 is 1.35 bits per heavy atom. The van der Waals surface area contributed by atoms with Crippen LogP contribution in [0, 0.1) is 5.92 Å². The van der Waals surface area contributed by atoms with Crippen LogP contribution in [-0.4, -0.2) is 43.0 Å². The third kappa shape index (κ3) is 4.69. The summed E-state index contributed by atoms with van der Waals surface area (Å²) in [6, 6.07) is 7.21. The van der Waals surface area contributed by atoms with E-state index in [2.05, 4.69) is 5.32 Å². The Kier molecular flexibility index (Phi) is 5.98. The lowest BCUT2D eigenvalue weighted by molar-refractivity contribution is -0.134. The molecule has 0 spiro atoms. The summed E-state index contributed by atoms with van der Waals surface area (Å²) in [5, 5.41) is 2.92. The maximum Gasteiger partial charge on any atom is 0.227 e. The number of carbonyl (C=O) groups is 2. The molecule has 126 valence electrons. The van der Waals surface area contributed by atoms with Crippen molar-refractivity contribution in [3.8, 4) is 5.75 Å². The number of hydrogen-bond acceptors (Lipinski definition) is 4. The van der Waals surface area contributed by atoms with Gasteiger partial charge in [-0.1, -0.05) is 12.1 Å². The van der Waals surface area contributed by atoms with E-state index in [1.54, 1.807) is 12.0 Å². The van der Waals surface area contributed by atoms with Gasteiger partial charge in [-0.05, 0) is 31.9 Å². The Labute approximate surface area is 137 Å². The summed E-state index contributed by atoms with van der Waals surface area (Å²) < 4.78 is 5.24. The van der Waals surface area contributed by atoms with Gasteiger partial charge < -0.3 is 20.7 Å². The molecule has 0 saturated carbocycles. The predicted molar refractivity (Wildman–Crippen MR) is 89.2 cm³/mol. The number of methoxy groups -OCH3 is 1. The lowest BCUT2D eigenvalue weighted by Gasteiger charge is -2.31. The SMILES string of the molecule is COc1ccccc1NC(=O)C1CCN(C(=O)CC(C)N)CC1. The van der Waals surface area contributed by atoms with Gasteiger partial charge in [0, 0.05) is 31.5 Å². The first kappa shape index (κ1) is 17.3. The summed E-state index contributed by atoms with van der Waals surface area (Å²) >= 11 is 0. The number of nitrogens with zero attached hydrogens (tertiary/aromatic N) is 1. The van der Waals surface area contributed by atoms with Crippen LogP contribution >= 0.6 is 0 Å². The summed E-state index contributed by atoms with van der Waals surface area (Å²) in [7, 11) is 1.58. The summed E-state index contributed by atoms with van der Waals surface area (Å²) in [5.74, 6) is 0.613.